The van der Waals surface area contributed by atoms with Crippen LogP contribution in [0.2, 0.25) is 0 Å². The number of nitrogens with zero attached hydrogens (tertiary/aromatic N) is 2. The largest absolute Gasteiger partial charge is 0.340 e. The van der Waals surface area contributed by atoms with E-state index in [1.54, 1.807) is 0 Å². The van der Waals surface area contributed by atoms with E-state index in [2.05, 4.69) is 22.4 Å². The summed E-state index contributed by atoms with van der Waals surface area (Å²) in [5.41, 5.74) is 0. The minimum atomic E-state index is 0.605. The Morgan fingerprint density at radius 3 is 3.07 bits per heavy atom. The minimum absolute atomic E-state index is 0.605. The van der Waals surface area contributed by atoms with Gasteiger partial charge in [-0.25, -0.2) is 0 Å². The molecule has 0 radical (unpaired) electrons. The quantitative estimate of drug-likeness (QED) is 0.821. The van der Waals surface area contributed by atoms with E-state index in [-0.39, 0.29) is 0 Å². The molecule has 4 nitrogen and oxygen atoms in total. The van der Waals surface area contributed by atoms with Crippen LogP contribution in [0.1, 0.15) is 25.1 Å². The summed E-state index contributed by atoms with van der Waals surface area (Å²) in [7, 11) is 0. The van der Waals surface area contributed by atoms with E-state index in [0.717, 1.165) is 17.6 Å². The Balaban J connectivity index is 1.77. The minimum Gasteiger partial charge on any atom is -0.340 e. The molecule has 1 aromatic heterocycles. The zero-order valence-corrected chi connectivity index (χ0v) is 9.30. The number of hydrogen-bond donors (Lipinski definition) is 1. The predicted octanol–water partition coefficient (Wildman–Crippen LogP) is 1.36. The summed E-state index contributed by atoms with van der Waals surface area (Å²) in [5.74, 6) is 2.58. The number of thioether (sulfide) groups is 1. The van der Waals surface area contributed by atoms with Crippen molar-refractivity contribution in [3.63, 3.8) is 0 Å². The summed E-state index contributed by atoms with van der Waals surface area (Å²) in [5, 5.41) is 8.05. The van der Waals surface area contributed by atoms with Crippen molar-refractivity contribution in [3.8, 4) is 0 Å². The topological polar surface area (TPSA) is 51.0 Å². The zero-order valence-electron chi connectivity index (χ0n) is 8.49. The third-order valence-electron chi connectivity index (χ3n) is 2.32. The van der Waals surface area contributed by atoms with Crippen molar-refractivity contribution >= 4 is 11.8 Å². The lowest BCUT2D eigenvalue weighted by Gasteiger charge is -2.08. The standard InChI is InChI=1S/C9H15N3OS/c1-6-3-8(5-14-6)10-4-9-11-7(2)13-12-9/h6,8,10H,3-5H2,1-2H3. The van der Waals surface area contributed by atoms with E-state index in [1.165, 1.54) is 12.2 Å². The number of rotatable bonds is 3. The molecule has 1 aromatic rings. The van der Waals surface area contributed by atoms with Gasteiger partial charge in [-0.15, -0.1) is 0 Å². The van der Waals surface area contributed by atoms with Crippen LogP contribution < -0.4 is 5.32 Å². The van der Waals surface area contributed by atoms with Crippen molar-refractivity contribution in [1.29, 1.82) is 0 Å². The molecule has 0 aromatic carbocycles. The van der Waals surface area contributed by atoms with Gasteiger partial charge in [0.05, 0.1) is 6.54 Å². The first-order chi connectivity index (χ1) is 6.74. The maximum atomic E-state index is 4.89. The molecular weight excluding hydrogens is 198 g/mol. The van der Waals surface area contributed by atoms with Crippen LogP contribution in [0.5, 0.6) is 0 Å². The van der Waals surface area contributed by atoms with E-state index < -0.39 is 0 Å². The SMILES string of the molecule is Cc1nc(CNC2CSC(C)C2)no1. The second-order valence-corrected chi connectivity index (χ2v) is 5.16. The van der Waals surface area contributed by atoms with E-state index in [1.807, 2.05) is 18.7 Å². The summed E-state index contributed by atoms with van der Waals surface area (Å²) < 4.78 is 4.89. The van der Waals surface area contributed by atoms with Crippen molar-refractivity contribution in [2.75, 3.05) is 5.75 Å². The first kappa shape index (κ1) is 9.98. The fraction of sp³-hybridized carbons (Fsp3) is 0.778. The first-order valence-corrected chi connectivity index (χ1v) is 5.93. The lowest BCUT2D eigenvalue weighted by molar-refractivity contribution is 0.383. The lowest BCUT2D eigenvalue weighted by atomic mass is 10.2. The number of hydrogen-bond acceptors (Lipinski definition) is 5. The molecule has 5 heteroatoms. The maximum absolute atomic E-state index is 4.89. The molecule has 1 N–H and O–H groups in total. The molecule has 0 saturated carbocycles. The Bertz CT molecular complexity index is 302. The molecule has 0 amide bonds. The second kappa shape index (κ2) is 4.31. The van der Waals surface area contributed by atoms with Gasteiger partial charge in [-0.2, -0.15) is 16.7 Å². The van der Waals surface area contributed by atoms with E-state index in [4.69, 9.17) is 4.52 Å². The summed E-state index contributed by atoms with van der Waals surface area (Å²) in [6, 6.07) is 0.605. The molecule has 0 spiro atoms. The molecule has 2 heterocycles. The summed E-state index contributed by atoms with van der Waals surface area (Å²) >= 11 is 2.02. The van der Waals surface area contributed by atoms with Crippen LogP contribution >= 0.6 is 11.8 Å². The van der Waals surface area contributed by atoms with Crippen LogP contribution in [0, 0.1) is 6.92 Å². The molecule has 78 valence electrons. The predicted molar refractivity (Wildman–Crippen MR) is 56.2 cm³/mol. The van der Waals surface area contributed by atoms with E-state index in [9.17, 15) is 0 Å². The van der Waals surface area contributed by atoms with Crippen LogP contribution in [0.25, 0.3) is 0 Å². The van der Waals surface area contributed by atoms with Crippen molar-refractivity contribution in [3.05, 3.63) is 11.7 Å². The van der Waals surface area contributed by atoms with Crippen LogP contribution in [-0.4, -0.2) is 27.2 Å². The molecule has 1 aliphatic rings. The molecule has 2 atom stereocenters. The van der Waals surface area contributed by atoms with Crippen LogP contribution in [0.3, 0.4) is 0 Å². The van der Waals surface area contributed by atoms with Gasteiger partial charge in [-0.1, -0.05) is 12.1 Å². The van der Waals surface area contributed by atoms with Crippen molar-refractivity contribution in [1.82, 2.24) is 15.5 Å². The van der Waals surface area contributed by atoms with Crippen LogP contribution in [0.15, 0.2) is 4.52 Å². The third-order valence-corrected chi connectivity index (χ3v) is 3.67. The van der Waals surface area contributed by atoms with Gasteiger partial charge < -0.3 is 9.84 Å². The first-order valence-electron chi connectivity index (χ1n) is 4.88. The summed E-state index contributed by atoms with van der Waals surface area (Å²) in [6.07, 6.45) is 1.24. The molecule has 2 rings (SSSR count). The highest BCUT2D eigenvalue weighted by Crippen LogP contribution is 2.25. The molecule has 0 aliphatic carbocycles. The van der Waals surface area contributed by atoms with Gasteiger partial charge in [0.15, 0.2) is 5.82 Å². The Morgan fingerprint density at radius 2 is 2.50 bits per heavy atom. The molecule has 1 aliphatic heterocycles. The highest BCUT2D eigenvalue weighted by atomic mass is 32.2. The van der Waals surface area contributed by atoms with E-state index in [0.29, 0.717) is 11.9 Å². The number of aryl methyl sites for hydroxylation is 1. The number of aromatic nitrogens is 2. The number of nitrogens with one attached hydrogen (secondary N) is 1. The fourth-order valence-electron chi connectivity index (χ4n) is 1.61. The molecule has 14 heavy (non-hydrogen) atoms. The van der Waals surface area contributed by atoms with Gasteiger partial charge >= 0.3 is 0 Å². The monoisotopic (exact) mass is 213 g/mol. The highest BCUT2D eigenvalue weighted by molar-refractivity contribution is 8.00. The summed E-state index contributed by atoms with van der Waals surface area (Å²) in [4.78, 5) is 4.14. The molecule has 2 unspecified atom stereocenters. The Kier molecular flexibility index (Phi) is 3.08. The van der Waals surface area contributed by atoms with E-state index >= 15 is 0 Å². The lowest BCUT2D eigenvalue weighted by Crippen LogP contribution is -2.28. The second-order valence-electron chi connectivity index (χ2n) is 3.69. The Labute approximate surface area is 87.8 Å². The molecule has 1 saturated heterocycles. The van der Waals surface area contributed by atoms with Gasteiger partial charge in [0.25, 0.3) is 0 Å². The molecular formula is C9H15N3OS. The average molecular weight is 213 g/mol. The van der Waals surface area contributed by atoms with Gasteiger partial charge in [-0.05, 0) is 6.42 Å². The van der Waals surface area contributed by atoms with Crippen molar-refractivity contribution in [2.24, 2.45) is 0 Å². The maximum Gasteiger partial charge on any atom is 0.223 e. The average Bonchev–Trinajstić information content (AvgIpc) is 2.72. The van der Waals surface area contributed by atoms with Gasteiger partial charge in [0.1, 0.15) is 0 Å². The molecule has 0 bridgehead atoms. The highest BCUT2D eigenvalue weighted by Gasteiger charge is 2.21. The fourth-order valence-corrected chi connectivity index (χ4v) is 2.79. The smallest absolute Gasteiger partial charge is 0.223 e. The van der Waals surface area contributed by atoms with Crippen molar-refractivity contribution < 1.29 is 4.52 Å². The van der Waals surface area contributed by atoms with Gasteiger partial charge in [-0.3, -0.25) is 0 Å². The summed E-state index contributed by atoms with van der Waals surface area (Å²) in [6.45, 7) is 4.80. The molecule has 1 fully saturated rings. The van der Waals surface area contributed by atoms with Gasteiger partial charge in [0, 0.05) is 24.0 Å². The zero-order chi connectivity index (χ0) is 9.97. The van der Waals surface area contributed by atoms with Crippen LogP contribution in [0.4, 0.5) is 0 Å². The third kappa shape index (κ3) is 2.48. The Hall–Kier alpha value is -0.550. The van der Waals surface area contributed by atoms with Crippen molar-refractivity contribution in [2.45, 2.75) is 38.1 Å². The van der Waals surface area contributed by atoms with Crippen LogP contribution in [-0.2, 0) is 6.54 Å². The Morgan fingerprint density at radius 1 is 1.64 bits per heavy atom. The van der Waals surface area contributed by atoms with Gasteiger partial charge in [0.2, 0.25) is 5.89 Å². The normalized spacial score (nSPS) is 27.0.